The Kier molecular flexibility index (Phi) is 5.81. The van der Waals surface area contributed by atoms with Crippen LogP contribution >= 0.6 is 11.9 Å². The van der Waals surface area contributed by atoms with Gasteiger partial charge in [0, 0.05) is 17.7 Å². The van der Waals surface area contributed by atoms with Gasteiger partial charge in [-0.2, -0.15) is 4.98 Å². The summed E-state index contributed by atoms with van der Waals surface area (Å²) in [4.78, 5) is 23.7. The van der Waals surface area contributed by atoms with E-state index in [1.807, 2.05) is 60.7 Å². The number of hydrogen-bond donors (Lipinski definition) is 1. The van der Waals surface area contributed by atoms with E-state index in [4.69, 9.17) is 4.74 Å². The summed E-state index contributed by atoms with van der Waals surface area (Å²) in [6, 6.07) is 23.8. The van der Waals surface area contributed by atoms with Gasteiger partial charge in [0.2, 0.25) is 11.8 Å². The second kappa shape index (κ2) is 9.01. The van der Waals surface area contributed by atoms with Crippen LogP contribution in [0.2, 0.25) is 0 Å². The lowest BCUT2D eigenvalue weighted by Crippen LogP contribution is -1.99. The molecule has 0 saturated heterocycles. The third-order valence-electron chi connectivity index (χ3n) is 3.91. The quantitative estimate of drug-likeness (QED) is 0.244. The molecule has 9 heteroatoms. The number of nitrogens with one attached hydrogen (secondary N) is 1. The molecule has 0 amide bonds. The minimum Gasteiger partial charge on any atom is -0.439 e. The van der Waals surface area contributed by atoms with E-state index >= 15 is 0 Å². The van der Waals surface area contributed by atoms with E-state index in [2.05, 4.69) is 19.7 Å². The third-order valence-corrected chi connectivity index (χ3v) is 4.67. The Labute approximate surface area is 176 Å². The van der Waals surface area contributed by atoms with Crippen molar-refractivity contribution >= 4 is 23.7 Å². The zero-order valence-corrected chi connectivity index (χ0v) is 16.3. The number of anilines is 1. The predicted octanol–water partition coefficient (Wildman–Crippen LogP) is 5.36. The summed E-state index contributed by atoms with van der Waals surface area (Å²) in [6.45, 7) is 0. The van der Waals surface area contributed by atoms with Crippen LogP contribution in [-0.4, -0.2) is 19.9 Å². The summed E-state index contributed by atoms with van der Waals surface area (Å²) in [5, 5.41) is 10.7. The monoisotopic (exact) mass is 417 g/mol. The number of ether oxygens (including phenoxy) is 1. The zero-order chi connectivity index (χ0) is 20.8. The number of rotatable bonds is 7. The van der Waals surface area contributed by atoms with Gasteiger partial charge in [-0.15, -0.1) is 0 Å². The first-order chi connectivity index (χ1) is 14.7. The number of hydrogen-bond acceptors (Lipinski definition) is 8. The molecule has 1 N–H and O–H groups in total. The maximum atomic E-state index is 10.7. The Hall–Kier alpha value is -3.98. The molecule has 148 valence electrons. The Morgan fingerprint density at radius 2 is 1.67 bits per heavy atom. The van der Waals surface area contributed by atoms with Gasteiger partial charge in [0.05, 0.1) is 10.6 Å². The van der Waals surface area contributed by atoms with Crippen molar-refractivity contribution in [1.29, 1.82) is 0 Å². The fourth-order valence-electron chi connectivity index (χ4n) is 2.53. The van der Waals surface area contributed by atoms with Gasteiger partial charge in [-0.1, -0.05) is 48.5 Å². The first-order valence-electron chi connectivity index (χ1n) is 8.88. The molecule has 0 aliphatic rings. The molecular weight excluding hydrogens is 402 g/mol. The summed E-state index contributed by atoms with van der Waals surface area (Å²) >= 11 is 1.20. The van der Waals surface area contributed by atoms with Crippen LogP contribution in [0.5, 0.6) is 11.6 Å². The van der Waals surface area contributed by atoms with E-state index in [9.17, 15) is 10.1 Å². The Morgan fingerprint density at radius 3 is 2.33 bits per heavy atom. The summed E-state index contributed by atoms with van der Waals surface area (Å²) < 4.78 is 8.94. The molecule has 0 bridgehead atoms. The van der Waals surface area contributed by atoms with E-state index in [-0.39, 0.29) is 5.82 Å². The largest absolute Gasteiger partial charge is 0.439 e. The maximum Gasteiger partial charge on any atom is 0.363 e. The molecule has 2 heterocycles. The van der Waals surface area contributed by atoms with E-state index < -0.39 is 4.92 Å². The minimum absolute atomic E-state index is 0.208. The molecule has 0 atom stereocenters. The van der Waals surface area contributed by atoms with Crippen LogP contribution in [0.4, 0.5) is 11.8 Å². The van der Waals surface area contributed by atoms with Gasteiger partial charge in [-0.3, -0.25) is 4.72 Å². The molecule has 0 radical (unpaired) electrons. The molecular formula is C21H15N5O3S. The number of para-hydroxylation sites is 1. The molecule has 0 saturated carbocycles. The lowest BCUT2D eigenvalue weighted by molar-refractivity contribution is -0.389. The molecule has 8 nitrogen and oxygen atoms in total. The normalized spacial score (nSPS) is 10.4. The van der Waals surface area contributed by atoms with Gasteiger partial charge in [-0.25, -0.2) is 4.98 Å². The van der Waals surface area contributed by atoms with Gasteiger partial charge in [0.25, 0.3) is 0 Å². The molecule has 4 rings (SSSR count). The maximum absolute atomic E-state index is 10.7. The molecule has 0 aliphatic carbocycles. The van der Waals surface area contributed by atoms with Crippen LogP contribution in [0.25, 0.3) is 11.3 Å². The molecule has 2 aromatic heterocycles. The number of nitro groups is 1. The van der Waals surface area contributed by atoms with E-state index in [0.29, 0.717) is 28.2 Å². The van der Waals surface area contributed by atoms with Crippen molar-refractivity contribution in [2.75, 3.05) is 4.72 Å². The van der Waals surface area contributed by atoms with Crippen molar-refractivity contribution in [2.24, 2.45) is 0 Å². The molecule has 0 aliphatic heterocycles. The molecule has 0 spiro atoms. The highest BCUT2D eigenvalue weighted by Gasteiger charge is 2.11. The Morgan fingerprint density at radius 1 is 0.933 bits per heavy atom. The molecule has 4 aromatic rings. The number of aromatic nitrogens is 3. The van der Waals surface area contributed by atoms with Crippen LogP contribution in [0.3, 0.4) is 0 Å². The first kappa shape index (κ1) is 19.3. The van der Waals surface area contributed by atoms with Crippen LogP contribution in [0, 0.1) is 10.1 Å². The average Bonchev–Trinajstić information content (AvgIpc) is 2.79. The number of benzene rings is 2. The standard InChI is InChI=1S/C21H15N5O3S/c27-26(28)19-12-11-17(14-22-19)30-25-21-23-18(15-7-3-1-4-8-15)13-20(24-21)29-16-9-5-2-6-10-16/h1-14H,(H,23,24,25). The van der Waals surface area contributed by atoms with Crippen LogP contribution in [0.15, 0.2) is 90.0 Å². The van der Waals surface area contributed by atoms with Crippen molar-refractivity contribution < 1.29 is 9.66 Å². The highest BCUT2D eigenvalue weighted by molar-refractivity contribution is 8.00. The molecule has 0 unspecified atom stereocenters. The van der Waals surface area contributed by atoms with Crippen LogP contribution < -0.4 is 9.46 Å². The van der Waals surface area contributed by atoms with Gasteiger partial charge in [0.15, 0.2) is 6.20 Å². The summed E-state index contributed by atoms with van der Waals surface area (Å²) in [6.07, 6.45) is 1.41. The van der Waals surface area contributed by atoms with E-state index in [1.54, 1.807) is 12.1 Å². The van der Waals surface area contributed by atoms with Crippen molar-refractivity contribution in [3.8, 4) is 22.9 Å². The van der Waals surface area contributed by atoms with Gasteiger partial charge < -0.3 is 14.9 Å². The van der Waals surface area contributed by atoms with Crippen molar-refractivity contribution in [3.63, 3.8) is 0 Å². The Balaban J connectivity index is 1.59. The summed E-state index contributed by atoms with van der Waals surface area (Å²) in [5.74, 6) is 1.18. The minimum atomic E-state index is -0.540. The van der Waals surface area contributed by atoms with E-state index in [0.717, 1.165) is 5.56 Å². The SMILES string of the molecule is O=[N+]([O-])c1ccc(SNc2nc(Oc3ccccc3)cc(-c3ccccc3)n2)cn1. The van der Waals surface area contributed by atoms with Crippen molar-refractivity contribution in [3.05, 3.63) is 95.2 Å². The molecule has 30 heavy (non-hydrogen) atoms. The first-order valence-corrected chi connectivity index (χ1v) is 9.70. The van der Waals surface area contributed by atoms with Crippen LogP contribution in [-0.2, 0) is 0 Å². The second-order valence-corrected chi connectivity index (χ2v) is 6.89. The molecule has 2 aromatic carbocycles. The Bertz CT molecular complexity index is 1140. The van der Waals surface area contributed by atoms with Crippen molar-refractivity contribution in [2.45, 2.75) is 4.90 Å². The van der Waals surface area contributed by atoms with Gasteiger partial charge in [-0.05, 0) is 40.1 Å². The van der Waals surface area contributed by atoms with Gasteiger partial charge >= 0.3 is 5.82 Å². The number of nitrogens with zero attached hydrogens (tertiary/aromatic N) is 4. The van der Waals surface area contributed by atoms with E-state index in [1.165, 1.54) is 24.2 Å². The predicted molar refractivity (Wildman–Crippen MR) is 114 cm³/mol. The second-order valence-electron chi connectivity index (χ2n) is 6.01. The topological polar surface area (TPSA) is 103 Å². The zero-order valence-electron chi connectivity index (χ0n) is 15.5. The number of pyridine rings is 1. The fraction of sp³-hybridized carbons (Fsp3) is 0. The lowest BCUT2D eigenvalue weighted by atomic mass is 10.1. The smallest absolute Gasteiger partial charge is 0.363 e. The van der Waals surface area contributed by atoms with Crippen LogP contribution in [0.1, 0.15) is 0 Å². The molecule has 0 fully saturated rings. The third kappa shape index (κ3) is 4.89. The fourth-order valence-corrected chi connectivity index (χ4v) is 3.08. The lowest BCUT2D eigenvalue weighted by Gasteiger charge is -2.10. The van der Waals surface area contributed by atoms with Crippen molar-refractivity contribution in [1.82, 2.24) is 15.0 Å². The summed E-state index contributed by atoms with van der Waals surface area (Å²) in [7, 11) is 0. The van der Waals surface area contributed by atoms with Gasteiger partial charge in [0.1, 0.15) is 5.75 Å². The highest BCUT2D eigenvalue weighted by Crippen LogP contribution is 2.28. The average molecular weight is 417 g/mol. The summed E-state index contributed by atoms with van der Waals surface area (Å²) in [5.41, 5.74) is 1.62. The highest BCUT2D eigenvalue weighted by atomic mass is 32.2.